The van der Waals surface area contributed by atoms with Gasteiger partial charge in [0, 0.05) is 37.8 Å². The molecule has 1 aliphatic heterocycles. The van der Waals surface area contributed by atoms with Crippen molar-refractivity contribution in [1.82, 2.24) is 9.80 Å². The number of carbonyl (C=O) groups is 2. The van der Waals surface area contributed by atoms with Gasteiger partial charge in [-0.05, 0) is 48.9 Å². The standard InChI is InChI=1S/C21H24N2O4/c1-15(18-4-3-5-19(14-18)27-2)22-10-12-23(13-11-22)20(24)16-6-8-17(9-7-16)21(25)26/h3-9,14-15H,10-13H2,1-2H3,(H,25,26). The first-order valence-corrected chi connectivity index (χ1v) is 9.00. The Morgan fingerprint density at radius 3 is 2.22 bits per heavy atom. The summed E-state index contributed by atoms with van der Waals surface area (Å²) in [6.07, 6.45) is 0. The predicted octanol–water partition coefficient (Wildman–Crippen LogP) is 2.91. The number of carboxylic acid groups (broad SMARTS) is 1. The Morgan fingerprint density at radius 2 is 1.63 bits per heavy atom. The topological polar surface area (TPSA) is 70.1 Å². The van der Waals surface area contributed by atoms with Gasteiger partial charge in [-0.15, -0.1) is 0 Å². The molecule has 1 N–H and O–H groups in total. The number of rotatable bonds is 5. The van der Waals surface area contributed by atoms with Crippen LogP contribution in [0.5, 0.6) is 5.75 Å². The van der Waals surface area contributed by atoms with Crippen molar-refractivity contribution in [2.75, 3.05) is 33.3 Å². The van der Waals surface area contributed by atoms with Crippen LogP contribution in [0.2, 0.25) is 0 Å². The molecule has 0 aromatic heterocycles. The molecule has 6 nitrogen and oxygen atoms in total. The first-order chi connectivity index (χ1) is 13.0. The van der Waals surface area contributed by atoms with Gasteiger partial charge < -0.3 is 14.7 Å². The normalized spacial score (nSPS) is 16.0. The number of piperazine rings is 1. The lowest BCUT2D eigenvalue weighted by atomic mass is 10.1. The molecule has 2 aromatic carbocycles. The minimum atomic E-state index is -0.992. The Labute approximate surface area is 159 Å². The van der Waals surface area contributed by atoms with Gasteiger partial charge in [0.05, 0.1) is 12.7 Å². The second kappa shape index (κ2) is 8.22. The van der Waals surface area contributed by atoms with Gasteiger partial charge in [0.2, 0.25) is 0 Å². The van der Waals surface area contributed by atoms with Crippen LogP contribution < -0.4 is 4.74 Å². The summed E-state index contributed by atoms with van der Waals surface area (Å²) < 4.78 is 5.30. The third-order valence-corrected chi connectivity index (χ3v) is 5.10. The third-order valence-electron chi connectivity index (χ3n) is 5.10. The number of hydrogen-bond acceptors (Lipinski definition) is 4. The average Bonchev–Trinajstić information content (AvgIpc) is 2.73. The average molecular weight is 368 g/mol. The van der Waals surface area contributed by atoms with Crippen LogP contribution >= 0.6 is 0 Å². The molecule has 1 heterocycles. The summed E-state index contributed by atoms with van der Waals surface area (Å²) in [5, 5.41) is 8.96. The molecule has 27 heavy (non-hydrogen) atoms. The molecular formula is C21H24N2O4. The van der Waals surface area contributed by atoms with Gasteiger partial charge in [-0.25, -0.2) is 4.79 Å². The molecule has 0 bridgehead atoms. The fourth-order valence-corrected chi connectivity index (χ4v) is 3.36. The summed E-state index contributed by atoms with van der Waals surface area (Å²) in [6, 6.07) is 14.4. The monoisotopic (exact) mass is 368 g/mol. The number of methoxy groups -OCH3 is 1. The predicted molar refractivity (Wildman–Crippen MR) is 102 cm³/mol. The first-order valence-electron chi connectivity index (χ1n) is 9.00. The number of hydrogen-bond donors (Lipinski definition) is 1. The maximum Gasteiger partial charge on any atom is 0.335 e. The van der Waals surface area contributed by atoms with E-state index in [1.165, 1.54) is 17.7 Å². The Morgan fingerprint density at radius 1 is 1.00 bits per heavy atom. The third kappa shape index (κ3) is 4.28. The van der Waals surface area contributed by atoms with Gasteiger partial charge in [-0.3, -0.25) is 9.69 Å². The summed E-state index contributed by atoms with van der Waals surface area (Å²) in [4.78, 5) is 27.8. The van der Waals surface area contributed by atoms with E-state index >= 15 is 0 Å². The number of amides is 1. The minimum Gasteiger partial charge on any atom is -0.497 e. The van der Waals surface area contributed by atoms with Crippen LogP contribution in [-0.2, 0) is 0 Å². The van der Waals surface area contributed by atoms with Crippen LogP contribution in [0.15, 0.2) is 48.5 Å². The zero-order chi connectivity index (χ0) is 19.4. The van der Waals surface area contributed by atoms with Gasteiger partial charge in [-0.1, -0.05) is 12.1 Å². The molecule has 6 heteroatoms. The summed E-state index contributed by atoms with van der Waals surface area (Å²) in [5.74, 6) is -0.201. The number of ether oxygens (including phenoxy) is 1. The lowest BCUT2D eigenvalue weighted by Gasteiger charge is -2.38. The summed E-state index contributed by atoms with van der Waals surface area (Å²) in [6.45, 7) is 5.03. The molecule has 1 unspecified atom stereocenters. The van der Waals surface area contributed by atoms with E-state index in [0.717, 1.165) is 18.8 Å². The molecular weight excluding hydrogens is 344 g/mol. The highest BCUT2D eigenvalue weighted by Gasteiger charge is 2.25. The molecule has 142 valence electrons. The van der Waals surface area contributed by atoms with Crippen molar-refractivity contribution in [3.05, 3.63) is 65.2 Å². The number of carbonyl (C=O) groups excluding carboxylic acids is 1. The molecule has 1 fully saturated rings. The highest BCUT2D eigenvalue weighted by atomic mass is 16.5. The highest BCUT2D eigenvalue weighted by Crippen LogP contribution is 2.25. The Kier molecular flexibility index (Phi) is 5.76. The minimum absolute atomic E-state index is 0.0550. The smallest absolute Gasteiger partial charge is 0.335 e. The second-order valence-corrected chi connectivity index (χ2v) is 6.66. The first kappa shape index (κ1) is 18.9. The fourth-order valence-electron chi connectivity index (χ4n) is 3.36. The number of carboxylic acids is 1. The van der Waals surface area contributed by atoms with Crippen molar-refractivity contribution in [3.8, 4) is 5.75 Å². The molecule has 1 amide bonds. The lowest BCUT2D eigenvalue weighted by Crippen LogP contribution is -2.49. The Hall–Kier alpha value is -2.86. The van der Waals surface area contributed by atoms with E-state index < -0.39 is 5.97 Å². The van der Waals surface area contributed by atoms with Crippen molar-refractivity contribution in [2.24, 2.45) is 0 Å². The van der Waals surface area contributed by atoms with Crippen molar-refractivity contribution >= 4 is 11.9 Å². The van der Waals surface area contributed by atoms with E-state index in [9.17, 15) is 9.59 Å². The van der Waals surface area contributed by atoms with Crippen LogP contribution in [0.25, 0.3) is 0 Å². The van der Waals surface area contributed by atoms with E-state index in [-0.39, 0.29) is 17.5 Å². The SMILES string of the molecule is COc1cccc(C(C)N2CCN(C(=O)c3ccc(C(=O)O)cc3)CC2)c1. The fraction of sp³-hybridized carbons (Fsp3) is 0.333. The largest absolute Gasteiger partial charge is 0.497 e. The quantitative estimate of drug-likeness (QED) is 0.879. The highest BCUT2D eigenvalue weighted by molar-refractivity contribution is 5.96. The molecule has 0 saturated carbocycles. The van der Waals surface area contributed by atoms with Gasteiger partial charge in [-0.2, -0.15) is 0 Å². The molecule has 1 saturated heterocycles. The molecule has 2 aromatic rings. The van der Waals surface area contributed by atoms with Crippen LogP contribution in [0.4, 0.5) is 0 Å². The number of benzene rings is 2. The number of aromatic carboxylic acids is 1. The Bertz CT molecular complexity index is 811. The van der Waals surface area contributed by atoms with Crippen molar-refractivity contribution in [2.45, 2.75) is 13.0 Å². The molecule has 3 rings (SSSR count). The zero-order valence-corrected chi connectivity index (χ0v) is 15.6. The van der Waals surface area contributed by atoms with Crippen LogP contribution in [-0.4, -0.2) is 60.1 Å². The van der Waals surface area contributed by atoms with Crippen molar-refractivity contribution in [3.63, 3.8) is 0 Å². The second-order valence-electron chi connectivity index (χ2n) is 6.66. The molecule has 0 aliphatic carbocycles. The molecule has 0 spiro atoms. The van der Waals surface area contributed by atoms with Crippen LogP contribution in [0.1, 0.15) is 39.2 Å². The van der Waals surface area contributed by atoms with Gasteiger partial charge >= 0.3 is 5.97 Å². The zero-order valence-electron chi connectivity index (χ0n) is 15.6. The molecule has 1 atom stereocenters. The van der Waals surface area contributed by atoms with Gasteiger partial charge in [0.1, 0.15) is 5.75 Å². The summed E-state index contributed by atoms with van der Waals surface area (Å²) in [5.41, 5.74) is 1.90. The van der Waals surface area contributed by atoms with E-state index in [2.05, 4.69) is 17.9 Å². The van der Waals surface area contributed by atoms with E-state index in [1.54, 1.807) is 19.2 Å². The lowest BCUT2D eigenvalue weighted by molar-refractivity contribution is 0.0580. The summed E-state index contributed by atoms with van der Waals surface area (Å²) >= 11 is 0. The van der Waals surface area contributed by atoms with Crippen LogP contribution in [0, 0.1) is 0 Å². The van der Waals surface area contributed by atoms with Gasteiger partial charge in [0.15, 0.2) is 0 Å². The van der Waals surface area contributed by atoms with E-state index in [0.29, 0.717) is 18.7 Å². The van der Waals surface area contributed by atoms with E-state index in [4.69, 9.17) is 9.84 Å². The maximum absolute atomic E-state index is 12.7. The summed E-state index contributed by atoms with van der Waals surface area (Å²) in [7, 11) is 1.66. The van der Waals surface area contributed by atoms with Crippen LogP contribution in [0.3, 0.4) is 0 Å². The van der Waals surface area contributed by atoms with Gasteiger partial charge in [0.25, 0.3) is 5.91 Å². The molecule has 0 radical (unpaired) electrons. The van der Waals surface area contributed by atoms with E-state index in [1.807, 2.05) is 23.1 Å². The van der Waals surface area contributed by atoms with Crippen molar-refractivity contribution in [1.29, 1.82) is 0 Å². The molecule has 1 aliphatic rings. The Balaban J connectivity index is 1.60. The van der Waals surface area contributed by atoms with Crippen molar-refractivity contribution < 1.29 is 19.4 Å². The maximum atomic E-state index is 12.7. The number of nitrogens with zero attached hydrogens (tertiary/aromatic N) is 2.